The van der Waals surface area contributed by atoms with Crippen LogP contribution in [0.5, 0.6) is 0 Å². The summed E-state index contributed by atoms with van der Waals surface area (Å²) in [5.41, 5.74) is 0.321. The van der Waals surface area contributed by atoms with Crippen molar-refractivity contribution in [3.05, 3.63) is 22.9 Å². The fourth-order valence-corrected chi connectivity index (χ4v) is 1.99. The third-order valence-electron chi connectivity index (χ3n) is 3.31. The average Bonchev–Trinajstić information content (AvgIpc) is 2.58. The van der Waals surface area contributed by atoms with Gasteiger partial charge in [0.25, 0.3) is 0 Å². The predicted octanol–water partition coefficient (Wildman–Crippen LogP) is 0.941. The molecule has 0 saturated heterocycles. The Morgan fingerprint density at radius 3 is 2.75 bits per heavy atom. The minimum Gasteiger partial charge on any atom is -0.645 e. The largest absolute Gasteiger partial charge is 1.00 e. The minimum absolute atomic E-state index is 0. The van der Waals surface area contributed by atoms with Crippen molar-refractivity contribution in [3.63, 3.8) is 0 Å². The number of carbonyl (C=O) groups excluding carboxylic acids is 1. The van der Waals surface area contributed by atoms with Gasteiger partial charge in [-0.2, -0.15) is 0 Å². The van der Waals surface area contributed by atoms with Gasteiger partial charge in [0.1, 0.15) is 17.2 Å². The van der Waals surface area contributed by atoms with Crippen molar-refractivity contribution >= 4 is 11.9 Å². The molecule has 1 heterocycles. The van der Waals surface area contributed by atoms with Gasteiger partial charge in [-0.15, -0.1) is 6.54 Å². The molecule has 28 heavy (non-hydrogen) atoms. The summed E-state index contributed by atoms with van der Waals surface area (Å²) in [5, 5.41) is 7.64. The second-order valence-corrected chi connectivity index (χ2v) is 7.28. The summed E-state index contributed by atoms with van der Waals surface area (Å²) < 4.78 is 5.28. The molecule has 150 valence electrons. The van der Waals surface area contributed by atoms with Gasteiger partial charge in [0.05, 0.1) is 5.56 Å². The molecule has 0 radical (unpaired) electrons. The van der Waals surface area contributed by atoms with Crippen LogP contribution in [0.25, 0.3) is 5.32 Å². The topological polar surface area (TPSA) is 81.5 Å². The maximum atomic E-state index is 11.8. The Morgan fingerprint density at radius 2 is 2.11 bits per heavy atom. The first-order valence-electron chi connectivity index (χ1n) is 9.36. The van der Waals surface area contributed by atoms with Crippen molar-refractivity contribution in [1.82, 2.24) is 14.9 Å². The van der Waals surface area contributed by atoms with Crippen LogP contribution in [0.3, 0.4) is 0 Å². The minimum atomic E-state index is -0.495. The number of amides is 1. The Hall–Kier alpha value is -0.694. The van der Waals surface area contributed by atoms with Crippen LogP contribution in [0.4, 0.5) is 10.6 Å². The van der Waals surface area contributed by atoms with E-state index >= 15 is 0 Å². The molecule has 1 aromatic rings. The molecule has 8 heteroatoms. The molecular weight excluding hydrogens is 381 g/mol. The molecule has 0 aromatic carbocycles. The number of hydrogen-bond acceptors (Lipinski definition) is 5. The second kappa shape index (κ2) is 14.3. The number of aryl methyl sites for hydroxylation is 1. The molecule has 1 rings (SSSR count). The molecule has 0 fully saturated rings. The third-order valence-corrected chi connectivity index (χ3v) is 3.31. The monoisotopic (exact) mass is 413 g/mol. The number of nitrogens with one attached hydrogen (secondary N) is 1. The Kier molecular flexibility index (Phi) is 14.0. The van der Waals surface area contributed by atoms with Crippen LogP contribution in [-0.2, 0) is 4.74 Å². The summed E-state index contributed by atoms with van der Waals surface area (Å²) in [4.78, 5) is 21.9. The Morgan fingerprint density at radius 1 is 1.39 bits per heavy atom. The molecule has 1 amide bonds. The van der Waals surface area contributed by atoms with E-state index in [1.165, 1.54) is 4.90 Å². The van der Waals surface area contributed by atoms with Crippen molar-refractivity contribution in [2.24, 2.45) is 0 Å². The number of nitrogens with zero attached hydrogens (tertiary/aromatic N) is 4. The quantitative estimate of drug-likeness (QED) is 0.390. The SMILES string of the molecule is CCCNc1nc(C)ncc1C#CCCC[N-]CN(C)C(=O)OC(C)(C)C.[K+]. The van der Waals surface area contributed by atoms with Crippen LogP contribution < -0.4 is 56.7 Å². The second-order valence-electron chi connectivity index (χ2n) is 7.28. The normalized spacial score (nSPS) is 10.4. The average molecular weight is 414 g/mol. The van der Waals surface area contributed by atoms with E-state index in [4.69, 9.17) is 4.74 Å². The van der Waals surface area contributed by atoms with Crippen LogP contribution in [0.2, 0.25) is 0 Å². The molecule has 0 aliphatic carbocycles. The number of ether oxygens (including phenoxy) is 1. The van der Waals surface area contributed by atoms with Gasteiger partial charge in [-0.1, -0.05) is 31.9 Å². The van der Waals surface area contributed by atoms with Crippen molar-refractivity contribution in [2.45, 2.75) is 59.5 Å². The van der Waals surface area contributed by atoms with E-state index < -0.39 is 5.60 Å². The number of anilines is 1. The van der Waals surface area contributed by atoms with Crippen LogP contribution in [-0.4, -0.2) is 53.4 Å². The number of hydrogen-bond donors (Lipinski definition) is 1. The van der Waals surface area contributed by atoms with E-state index in [9.17, 15) is 4.79 Å². The van der Waals surface area contributed by atoms with Crippen LogP contribution in [0, 0.1) is 18.8 Å². The fraction of sp³-hybridized carbons (Fsp3) is 0.650. The van der Waals surface area contributed by atoms with Gasteiger partial charge >= 0.3 is 57.5 Å². The van der Waals surface area contributed by atoms with Crippen LogP contribution in [0.15, 0.2) is 6.20 Å². The Labute approximate surface area is 212 Å². The molecule has 0 saturated carbocycles. The standard InChI is InChI=1S/C20H32N5O2.K/c1-7-12-22-18-17(14-23-16(2)24-18)11-9-8-10-13-21-15-25(6)19(26)27-20(3,4)5;/h14H,7-8,10,12-13,15H2,1-6H3,(H,22,23,24);/q-1;+1. The van der Waals surface area contributed by atoms with Gasteiger partial charge < -0.3 is 20.3 Å². The summed E-state index contributed by atoms with van der Waals surface area (Å²) in [6.45, 7) is 11.3. The molecule has 0 spiro atoms. The molecule has 0 aliphatic heterocycles. The molecule has 0 aliphatic rings. The molecule has 1 N–H and O–H groups in total. The first-order chi connectivity index (χ1) is 12.7. The number of rotatable bonds is 8. The molecule has 1 aromatic heterocycles. The van der Waals surface area contributed by atoms with E-state index in [0.29, 0.717) is 13.2 Å². The van der Waals surface area contributed by atoms with Gasteiger partial charge in [-0.25, -0.2) is 14.8 Å². The predicted molar refractivity (Wildman–Crippen MR) is 109 cm³/mol. The summed E-state index contributed by atoms with van der Waals surface area (Å²) in [5.74, 6) is 7.79. The number of unbranched alkanes of at least 4 members (excludes halogenated alkanes) is 1. The van der Waals surface area contributed by atoms with Gasteiger partial charge in [0, 0.05) is 26.2 Å². The number of carbonyl (C=O) groups is 1. The van der Waals surface area contributed by atoms with E-state index in [1.807, 2.05) is 27.7 Å². The summed E-state index contributed by atoms with van der Waals surface area (Å²) in [6.07, 6.45) is 3.97. The fourth-order valence-electron chi connectivity index (χ4n) is 1.99. The molecule has 7 nitrogen and oxygen atoms in total. The maximum absolute atomic E-state index is 11.8. The van der Waals surface area contributed by atoms with Gasteiger partial charge in [0.15, 0.2) is 0 Å². The molecular formula is C20H32KN5O2. The van der Waals surface area contributed by atoms with E-state index in [2.05, 4.69) is 39.4 Å². The van der Waals surface area contributed by atoms with Crippen molar-refractivity contribution in [2.75, 3.05) is 32.1 Å². The van der Waals surface area contributed by atoms with Crippen LogP contribution >= 0.6 is 0 Å². The van der Waals surface area contributed by atoms with Crippen LogP contribution in [0.1, 0.15) is 58.3 Å². The zero-order valence-electron chi connectivity index (χ0n) is 18.4. The summed E-state index contributed by atoms with van der Waals surface area (Å²) in [6, 6.07) is 0. The van der Waals surface area contributed by atoms with E-state index in [1.54, 1.807) is 13.2 Å². The zero-order valence-corrected chi connectivity index (χ0v) is 21.5. The smallest absolute Gasteiger partial charge is 0.645 e. The van der Waals surface area contributed by atoms with Gasteiger partial charge in [0.2, 0.25) is 0 Å². The molecule has 0 unspecified atom stereocenters. The molecule has 0 bridgehead atoms. The maximum Gasteiger partial charge on any atom is 1.00 e. The first-order valence-corrected chi connectivity index (χ1v) is 9.36. The zero-order chi connectivity index (χ0) is 20.3. The summed E-state index contributed by atoms with van der Waals surface area (Å²) >= 11 is 0. The van der Waals surface area contributed by atoms with E-state index in [-0.39, 0.29) is 57.5 Å². The van der Waals surface area contributed by atoms with E-state index in [0.717, 1.165) is 43.0 Å². The third kappa shape index (κ3) is 12.0. The van der Waals surface area contributed by atoms with Crippen molar-refractivity contribution in [1.29, 1.82) is 0 Å². The van der Waals surface area contributed by atoms with Gasteiger partial charge in [-0.05, 0) is 34.1 Å². The van der Waals surface area contributed by atoms with Gasteiger partial charge in [-0.3, -0.25) is 0 Å². The first kappa shape index (κ1) is 27.3. The molecule has 0 atom stereocenters. The van der Waals surface area contributed by atoms with Crippen molar-refractivity contribution in [3.8, 4) is 11.8 Å². The Balaban J connectivity index is 0.00000729. The number of aromatic nitrogens is 2. The summed E-state index contributed by atoms with van der Waals surface area (Å²) in [7, 11) is 1.68. The Bertz CT molecular complexity index is 665. The van der Waals surface area contributed by atoms with Crippen molar-refractivity contribution < 1.29 is 60.9 Å².